The third-order valence-corrected chi connectivity index (χ3v) is 8.29. The zero-order chi connectivity index (χ0) is 21.5. The Morgan fingerprint density at radius 2 is 1.16 bits per heavy atom. The van der Waals surface area contributed by atoms with Crippen LogP contribution in [0.1, 0.15) is 0 Å². The van der Waals surface area contributed by atoms with E-state index in [1.165, 1.54) is 42.0 Å². The molecule has 0 N–H and O–H groups in total. The number of hydrogen-bond acceptors (Lipinski definition) is 3. The predicted octanol–water partition coefficient (Wildman–Crippen LogP) is 9.78. The molecule has 0 aliphatic carbocycles. The van der Waals surface area contributed by atoms with E-state index in [4.69, 9.17) is 0 Å². The van der Waals surface area contributed by atoms with Crippen molar-refractivity contribution in [2.24, 2.45) is 0 Å². The van der Waals surface area contributed by atoms with Crippen molar-refractivity contribution in [3.8, 4) is 20.9 Å². The maximum Gasteiger partial charge on any atom is 0.0601 e. The lowest BCUT2D eigenvalue weighted by atomic mass is 10.1. The fourth-order valence-electron chi connectivity index (χ4n) is 4.08. The molecule has 4 aromatic carbocycles. The van der Waals surface area contributed by atoms with Crippen molar-refractivity contribution in [3.63, 3.8) is 0 Å². The monoisotopic (exact) mass is 511 g/mol. The first-order valence-corrected chi connectivity index (χ1v) is 12.8. The van der Waals surface area contributed by atoms with Crippen molar-refractivity contribution in [2.75, 3.05) is 4.90 Å². The minimum Gasteiger partial charge on any atom is -0.308 e. The van der Waals surface area contributed by atoms with E-state index in [1.807, 2.05) is 23.1 Å². The molecule has 0 amide bonds. The molecule has 0 unspecified atom stereocenters. The summed E-state index contributed by atoms with van der Waals surface area (Å²) in [6.45, 7) is 0. The summed E-state index contributed by atoms with van der Waals surface area (Å²) in [5.74, 6) is 0. The molecule has 0 saturated carbocycles. The number of fused-ring (bicyclic) bond motifs is 2. The second-order valence-corrected chi connectivity index (χ2v) is 10.7. The maximum absolute atomic E-state index is 3.78. The molecule has 0 spiro atoms. The van der Waals surface area contributed by atoms with Gasteiger partial charge >= 0.3 is 0 Å². The van der Waals surface area contributed by atoms with Gasteiger partial charge in [0.15, 0.2) is 0 Å². The first kappa shape index (κ1) is 19.9. The minimum atomic E-state index is 1.08. The summed E-state index contributed by atoms with van der Waals surface area (Å²) in [5, 5.41) is 0. The summed E-state index contributed by atoms with van der Waals surface area (Å²) in [4.78, 5) is 7.47. The normalized spacial score (nSPS) is 12.3. The first-order chi connectivity index (χ1) is 15.8. The molecule has 4 heteroatoms. The summed E-state index contributed by atoms with van der Waals surface area (Å²) in [5.41, 5.74) is 6.07. The van der Waals surface area contributed by atoms with Crippen LogP contribution < -0.4 is 4.90 Å². The van der Waals surface area contributed by atoms with Gasteiger partial charge in [-0.05, 0) is 65.7 Å². The van der Waals surface area contributed by atoms with Crippen LogP contribution in [-0.4, -0.2) is 0 Å². The first-order valence-electron chi connectivity index (χ1n) is 10.4. The van der Waals surface area contributed by atoms with Gasteiger partial charge in [-0.2, -0.15) is 0 Å². The number of nitrogens with zero attached hydrogens (tertiary/aromatic N) is 1. The highest BCUT2D eigenvalue weighted by atomic mass is 79.9. The number of para-hydroxylation sites is 2. The number of rotatable bonds is 3. The molecule has 0 radical (unpaired) electrons. The third kappa shape index (κ3) is 3.58. The minimum absolute atomic E-state index is 1.08. The van der Waals surface area contributed by atoms with Crippen molar-refractivity contribution in [3.05, 3.63) is 114 Å². The lowest BCUT2D eigenvalue weighted by molar-refractivity contribution is 1.16. The van der Waals surface area contributed by atoms with Gasteiger partial charge in [-0.1, -0.05) is 82.3 Å². The number of halogens is 1. The Kier molecular flexibility index (Phi) is 5.14. The Labute approximate surface area is 204 Å². The Balaban J connectivity index is 1.48. The molecule has 32 heavy (non-hydrogen) atoms. The molecular formula is C28H18BrNS2. The molecule has 0 atom stereocenters. The van der Waals surface area contributed by atoms with E-state index in [1.54, 1.807) is 0 Å². The lowest BCUT2D eigenvalue weighted by Crippen LogP contribution is -2.14. The average Bonchev–Trinajstić information content (AvgIpc) is 3.33. The smallest absolute Gasteiger partial charge is 0.0601 e. The van der Waals surface area contributed by atoms with Crippen LogP contribution in [-0.2, 0) is 0 Å². The van der Waals surface area contributed by atoms with E-state index in [0.29, 0.717) is 0 Å². The zero-order valence-corrected chi connectivity index (χ0v) is 20.3. The second-order valence-electron chi connectivity index (χ2n) is 7.60. The molecule has 154 valence electrons. The van der Waals surface area contributed by atoms with Gasteiger partial charge in [0.1, 0.15) is 0 Å². The third-order valence-electron chi connectivity index (χ3n) is 5.52. The SMILES string of the molecule is Brc1cc(-c2ccc(-c3ccccc3)s2)cc(N2c3ccccc3Sc3ccccc32)c1. The van der Waals surface area contributed by atoms with Crippen LogP contribution in [0.15, 0.2) is 123 Å². The predicted molar refractivity (Wildman–Crippen MR) is 142 cm³/mol. The summed E-state index contributed by atoms with van der Waals surface area (Å²) in [6.07, 6.45) is 0. The highest BCUT2D eigenvalue weighted by Crippen LogP contribution is 2.52. The number of hydrogen-bond donors (Lipinski definition) is 0. The van der Waals surface area contributed by atoms with E-state index >= 15 is 0 Å². The van der Waals surface area contributed by atoms with E-state index in [9.17, 15) is 0 Å². The van der Waals surface area contributed by atoms with E-state index in [-0.39, 0.29) is 0 Å². The Hall–Kier alpha value is -2.79. The van der Waals surface area contributed by atoms with Crippen molar-refractivity contribution >= 4 is 56.1 Å². The molecule has 0 saturated heterocycles. The number of anilines is 3. The molecule has 0 bridgehead atoms. The molecule has 5 aromatic rings. The fourth-order valence-corrected chi connectivity index (χ4v) is 6.62. The van der Waals surface area contributed by atoms with Crippen molar-refractivity contribution in [2.45, 2.75) is 9.79 Å². The zero-order valence-electron chi connectivity index (χ0n) is 17.0. The fraction of sp³-hybridized carbons (Fsp3) is 0. The highest BCUT2D eigenvalue weighted by Gasteiger charge is 2.24. The van der Waals surface area contributed by atoms with E-state index < -0.39 is 0 Å². The highest BCUT2D eigenvalue weighted by molar-refractivity contribution is 9.10. The molecule has 2 heterocycles. The van der Waals surface area contributed by atoms with Crippen molar-refractivity contribution < 1.29 is 0 Å². The van der Waals surface area contributed by atoms with E-state index in [2.05, 4.69) is 130 Å². The molecule has 0 fully saturated rings. The van der Waals surface area contributed by atoms with Crippen LogP contribution in [0.4, 0.5) is 17.1 Å². The van der Waals surface area contributed by atoms with Crippen LogP contribution in [0.2, 0.25) is 0 Å². The summed E-state index contributed by atoms with van der Waals surface area (Å²) >= 11 is 7.45. The topological polar surface area (TPSA) is 3.24 Å². The van der Waals surface area contributed by atoms with Crippen LogP contribution in [0, 0.1) is 0 Å². The summed E-state index contributed by atoms with van der Waals surface area (Å²) < 4.78 is 1.08. The van der Waals surface area contributed by atoms with Crippen molar-refractivity contribution in [1.82, 2.24) is 0 Å². The molecular weight excluding hydrogens is 494 g/mol. The van der Waals surface area contributed by atoms with Crippen LogP contribution in [0.25, 0.3) is 20.9 Å². The largest absolute Gasteiger partial charge is 0.308 e. The van der Waals surface area contributed by atoms with Gasteiger partial charge in [-0.3, -0.25) is 0 Å². The lowest BCUT2D eigenvalue weighted by Gasteiger charge is -2.33. The van der Waals surface area contributed by atoms with Gasteiger partial charge in [-0.15, -0.1) is 11.3 Å². The quantitative estimate of drug-likeness (QED) is 0.232. The van der Waals surface area contributed by atoms with Crippen LogP contribution in [0.5, 0.6) is 0 Å². The standard InChI is InChI=1S/C28H18BrNS2/c29-21-16-20(26-15-14-25(31-26)19-8-2-1-3-9-19)17-22(18-21)30-23-10-4-6-12-27(23)32-28-13-7-5-11-24(28)30/h1-18H. The molecule has 1 aliphatic rings. The summed E-state index contributed by atoms with van der Waals surface area (Å²) in [6, 6.07) is 39.0. The van der Waals surface area contributed by atoms with E-state index in [0.717, 1.165) is 10.2 Å². The maximum atomic E-state index is 3.78. The molecule has 6 rings (SSSR count). The van der Waals surface area contributed by atoms with Crippen LogP contribution >= 0.6 is 39.0 Å². The Morgan fingerprint density at radius 1 is 0.562 bits per heavy atom. The number of benzene rings is 4. The van der Waals surface area contributed by atoms with Gasteiger partial charge in [0, 0.05) is 29.7 Å². The van der Waals surface area contributed by atoms with Crippen LogP contribution in [0.3, 0.4) is 0 Å². The molecule has 1 aromatic heterocycles. The molecule has 1 nitrogen and oxygen atoms in total. The Morgan fingerprint density at radius 3 is 1.84 bits per heavy atom. The number of thiophene rings is 1. The van der Waals surface area contributed by atoms with Gasteiger partial charge in [0.05, 0.1) is 11.4 Å². The summed E-state index contributed by atoms with van der Waals surface area (Å²) in [7, 11) is 0. The Bertz CT molecular complexity index is 1380. The van der Waals surface area contributed by atoms with Crippen molar-refractivity contribution in [1.29, 1.82) is 0 Å². The second kappa shape index (κ2) is 8.28. The molecule has 1 aliphatic heterocycles. The van der Waals surface area contributed by atoms with Gasteiger partial charge < -0.3 is 4.90 Å². The van der Waals surface area contributed by atoms with Gasteiger partial charge in [-0.25, -0.2) is 0 Å². The van der Waals surface area contributed by atoms with Gasteiger partial charge in [0.2, 0.25) is 0 Å². The van der Waals surface area contributed by atoms with Gasteiger partial charge in [0.25, 0.3) is 0 Å². The average molecular weight is 512 g/mol.